The standard InChI is InChI=1S/C47H80O16/c1-7-24(22(2)3)9-8-23(4)28-12-13-29-27-11-10-25-18-26(14-16-46(25,5)30(27)15-17-47(28,29)6)58-43-39(56)36(53)41(32(20-49)60-43)63-45-40(57)37(54)42(33(21-50)61-45)62-44-38(55)35(52)34(51)31(19-48)59-44/h10,22-24,26-45,48-57H,7-9,11-21H2,1-6H3. The minimum absolute atomic E-state index is 0.0637. The van der Waals surface area contributed by atoms with Gasteiger partial charge >= 0.3 is 0 Å². The largest absolute Gasteiger partial charge is 0.394 e. The van der Waals surface area contributed by atoms with Crippen LogP contribution < -0.4 is 0 Å². The van der Waals surface area contributed by atoms with E-state index in [1.54, 1.807) is 0 Å². The first-order chi connectivity index (χ1) is 29.9. The molecule has 16 nitrogen and oxygen atoms in total. The van der Waals surface area contributed by atoms with Crippen LogP contribution in [0.4, 0.5) is 0 Å². The lowest BCUT2D eigenvalue weighted by Gasteiger charge is -2.58. The van der Waals surface area contributed by atoms with Gasteiger partial charge < -0.3 is 79.5 Å². The maximum absolute atomic E-state index is 11.4. The lowest BCUT2D eigenvalue weighted by molar-refractivity contribution is -0.381. The van der Waals surface area contributed by atoms with Crippen LogP contribution in [0.2, 0.25) is 0 Å². The topological polar surface area (TPSA) is 258 Å². The molecule has 10 N–H and O–H groups in total. The molecule has 24 unspecified atom stereocenters. The van der Waals surface area contributed by atoms with Crippen LogP contribution in [0.5, 0.6) is 0 Å². The lowest BCUT2D eigenvalue weighted by atomic mass is 9.47. The summed E-state index contributed by atoms with van der Waals surface area (Å²) in [6, 6.07) is 0. The summed E-state index contributed by atoms with van der Waals surface area (Å²) < 4.78 is 35.0. The van der Waals surface area contributed by atoms with Gasteiger partial charge in [-0.25, -0.2) is 0 Å². The summed E-state index contributed by atoms with van der Waals surface area (Å²) in [6.07, 6.45) is -9.41. The summed E-state index contributed by atoms with van der Waals surface area (Å²) in [4.78, 5) is 0. The number of rotatable bonds is 15. The fraction of sp³-hybridized carbons (Fsp3) is 0.957. The van der Waals surface area contributed by atoms with Gasteiger partial charge in [0.1, 0.15) is 73.2 Å². The monoisotopic (exact) mass is 901 g/mol. The van der Waals surface area contributed by atoms with Crippen LogP contribution >= 0.6 is 0 Å². The van der Waals surface area contributed by atoms with Crippen molar-refractivity contribution in [2.45, 2.75) is 210 Å². The van der Waals surface area contributed by atoms with Crippen molar-refractivity contribution in [2.75, 3.05) is 19.8 Å². The summed E-state index contributed by atoms with van der Waals surface area (Å²) in [5.41, 5.74) is 1.84. The Morgan fingerprint density at radius 1 is 0.635 bits per heavy atom. The van der Waals surface area contributed by atoms with Gasteiger partial charge in [-0.3, -0.25) is 0 Å². The molecule has 3 heterocycles. The Bertz CT molecular complexity index is 1510. The Morgan fingerprint density at radius 2 is 1.19 bits per heavy atom. The highest BCUT2D eigenvalue weighted by Gasteiger charge is 2.60. The first-order valence-corrected chi connectivity index (χ1v) is 24.1. The van der Waals surface area contributed by atoms with E-state index in [0.29, 0.717) is 23.7 Å². The second-order valence-corrected chi connectivity index (χ2v) is 21.3. The zero-order chi connectivity index (χ0) is 45.7. The van der Waals surface area contributed by atoms with Gasteiger partial charge in [0, 0.05) is 0 Å². The predicted octanol–water partition coefficient (Wildman–Crippen LogP) is 1.50. The smallest absolute Gasteiger partial charge is 0.187 e. The van der Waals surface area contributed by atoms with Crippen LogP contribution in [0, 0.1) is 52.3 Å². The number of ether oxygens (including phenoxy) is 6. The third-order valence-corrected chi connectivity index (χ3v) is 17.7. The molecular formula is C47H80O16. The quantitative estimate of drug-likeness (QED) is 0.105. The van der Waals surface area contributed by atoms with Gasteiger partial charge in [0.2, 0.25) is 0 Å². The van der Waals surface area contributed by atoms with Gasteiger partial charge in [-0.1, -0.05) is 66.0 Å². The average molecular weight is 901 g/mol. The van der Waals surface area contributed by atoms with E-state index in [-0.39, 0.29) is 11.5 Å². The fourth-order valence-corrected chi connectivity index (χ4v) is 13.8. The van der Waals surface area contributed by atoms with E-state index in [4.69, 9.17) is 28.4 Å². The van der Waals surface area contributed by atoms with E-state index in [9.17, 15) is 51.1 Å². The molecule has 0 aromatic heterocycles. The van der Waals surface area contributed by atoms with Crippen molar-refractivity contribution in [1.82, 2.24) is 0 Å². The van der Waals surface area contributed by atoms with E-state index in [0.717, 1.165) is 48.9 Å². The number of allylic oxidation sites excluding steroid dienone is 1. The first kappa shape index (κ1) is 50.0. The Morgan fingerprint density at radius 3 is 1.75 bits per heavy atom. The highest BCUT2D eigenvalue weighted by molar-refractivity contribution is 5.25. The third-order valence-electron chi connectivity index (χ3n) is 17.7. The molecule has 4 aliphatic carbocycles. The number of aliphatic hydroxyl groups is 10. The molecule has 63 heavy (non-hydrogen) atoms. The molecule has 0 radical (unpaired) electrons. The molecule has 16 heteroatoms. The van der Waals surface area contributed by atoms with Gasteiger partial charge in [0.25, 0.3) is 0 Å². The first-order valence-electron chi connectivity index (χ1n) is 24.1. The Hall–Kier alpha value is -0.900. The number of hydrogen-bond donors (Lipinski definition) is 10. The van der Waals surface area contributed by atoms with E-state index in [2.05, 4.69) is 47.6 Å². The Kier molecular flexibility index (Phi) is 16.2. The van der Waals surface area contributed by atoms with Crippen LogP contribution in [0.25, 0.3) is 0 Å². The zero-order valence-electron chi connectivity index (χ0n) is 38.2. The highest BCUT2D eigenvalue weighted by atomic mass is 16.8. The summed E-state index contributed by atoms with van der Waals surface area (Å²) in [7, 11) is 0. The third kappa shape index (κ3) is 9.47. The zero-order valence-corrected chi connectivity index (χ0v) is 38.2. The minimum atomic E-state index is -1.90. The fourth-order valence-electron chi connectivity index (χ4n) is 13.8. The Balaban J connectivity index is 0.948. The second-order valence-electron chi connectivity index (χ2n) is 21.3. The molecule has 364 valence electrons. The minimum Gasteiger partial charge on any atom is -0.394 e. The average Bonchev–Trinajstić information content (AvgIpc) is 3.63. The molecule has 3 saturated heterocycles. The molecular weight excluding hydrogens is 821 g/mol. The van der Waals surface area contributed by atoms with Crippen molar-refractivity contribution >= 4 is 0 Å². The van der Waals surface area contributed by atoms with E-state index in [1.807, 2.05) is 0 Å². The SMILES string of the molecule is CCC(CCC(C)C1CCC2C3CC=C4CC(OC5OC(CO)C(OC6OC(CO)C(OC7OC(CO)C(O)C(O)C7O)C(O)C6O)C(O)C5O)CCC4(C)C3CCC12C)C(C)C. The molecule has 0 bridgehead atoms. The van der Waals surface area contributed by atoms with Crippen LogP contribution in [0.15, 0.2) is 11.6 Å². The number of hydrogen-bond acceptors (Lipinski definition) is 16. The molecule has 6 fully saturated rings. The van der Waals surface area contributed by atoms with Crippen molar-refractivity contribution in [3.63, 3.8) is 0 Å². The van der Waals surface area contributed by atoms with Crippen molar-refractivity contribution < 1.29 is 79.5 Å². The summed E-state index contributed by atoms with van der Waals surface area (Å²) in [5.74, 6) is 5.09. The van der Waals surface area contributed by atoms with Crippen molar-refractivity contribution in [2.24, 2.45) is 52.3 Å². The van der Waals surface area contributed by atoms with Gasteiger partial charge in [0.15, 0.2) is 18.9 Å². The maximum atomic E-state index is 11.4. The summed E-state index contributed by atoms with van der Waals surface area (Å²) in [6.45, 7) is 12.5. The normalized spacial score (nSPS) is 50.0. The molecule has 3 aliphatic heterocycles. The molecule has 0 aromatic carbocycles. The molecule has 24 atom stereocenters. The highest BCUT2D eigenvalue weighted by Crippen LogP contribution is 2.67. The van der Waals surface area contributed by atoms with Crippen molar-refractivity contribution in [3.05, 3.63) is 11.6 Å². The van der Waals surface area contributed by atoms with Crippen LogP contribution in [0.1, 0.15) is 112 Å². The summed E-state index contributed by atoms with van der Waals surface area (Å²) >= 11 is 0. The van der Waals surface area contributed by atoms with E-state index < -0.39 is 112 Å². The molecule has 0 amide bonds. The van der Waals surface area contributed by atoms with Gasteiger partial charge in [-0.05, 0) is 110 Å². The Labute approximate surface area is 372 Å². The van der Waals surface area contributed by atoms with Crippen molar-refractivity contribution in [3.8, 4) is 0 Å². The molecule has 0 aromatic rings. The molecule has 7 rings (SSSR count). The van der Waals surface area contributed by atoms with E-state index in [1.165, 1.54) is 50.5 Å². The molecule has 7 aliphatic rings. The maximum Gasteiger partial charge on any atom is 0.187 e. The lowest BCUT2D eigenvalue weighted by Crippen LogP contribution is -2.66. The van der Waals surface area contributed by atoms with Crippen molar-refractivity contribution in [1.29, 1.82) is 0 Å². The summed E-state index contributed by atoms with van der Waals surface area (Å²) in [5, 5.41) is 106. The molecule has 3 saturated carbocycles. The van der Waals surface area contributed by atoms with Gasteiger partial charge in [-0.15, -0.1) is 0 Å². The van der Waals surface area contributed by atoms with Crippen LogP contribution in [-0.4, -0.2) is 169 Å². The van der Waals surface area contributed by atoms with Gasteiger partial charge in [0.05, 0.1) is 25.9 Å². The predicted molar refractivity (Wildman–Crippen MR) is 226 cm³/mol. The van der Waals surface area contributed by atoms with Crippen LogP contribution in [-0.2, 0) is 28.4 Å². The number of fused-ring (bicyclic) bond motifs is 5. The second kappa shape index (κ2) is 20.4. The number of aliphatic hydroxyl groups excluding tert-OH is 10. The van der Waals surface area contributed by atoms with E-state index >= 15 is 0 Å². The van der Waals surface area contributed by atoms with Gasteiger partial charge in [-0.2, -0.15) is 0 Å². The van der Waals surface area contributed by atoms with Crippen LogP contribution in [0.3, 0.4) is 0 Å². The molecule has 0 spiro atoms.